The molecule has 1 aliphatic carbocycles. The van der Waals surface area contributed by atoms with Gasteiger partial charge in [-0.25, -0.2) is 0 Å². The Bertz CT molecular complexity index is 681. The summed E-state index contributed by atoms with van der Waals surface area (Å²) in [7, 11) is 0. The molecule has 3 rings (SSSR count). The molecule has 0 saturated heterocycles. The van der Waals surface area contributed by atoms with Crippen LogP contribution in [0.25, 0.3) is 0 Å². The zero-order valence-corrected chi connectivity index (χ0v) is 17.1. The number of rotatable bonds is 5. The van der Waals surface area contributed by atoms with Gasteiger partial charge >= 0.3 is 0 Å². The van der Waals surface area contributed by atoms with Crippen molar-refractivity contribution < 1.29 is 4.79 Å². The highest BCUT2D eigenvalue weighted by atomic mass is 16.1. The molecule has 1 fully saturated rings. The Kier molecular flexibility index (Phi) is 6.98. The van der Waals surface area contributed by atoms with E-state index in [0.717, 1.165) is 29.4 Å². The highest BCUT2D eigenvalue weighted by molar-refractivity contribution is 6.16. The molecule has 3 nitrogen and oxygen atoms in total. The van der Waals surface area contributed by atoms with Gasteiger partial charge in [-0.15, -0.1) is 0 Å². The van der Waals surface area contributed by atoms with Crippen LogP contribution >= 0.6 is 0 Å². The van der Waals surface area contributed by atoms with Crippen LogP contribution in [0.3, 0.4) is 0 Å². The minimum atomic E-state index is 0.144. The molecule has 0 N–H and O–H groups in total. The van der Waals surface area contributed by atoms with Crippen LogP contribution < -0.4 is 0 Å². The van der Waals surface area contributed by atoms with E-state index in [-0.39, 0.29) is 12.0 Å². The van der Waals surface area contributed by atoms with Crippen LogP contribution in [-0.4, -0.2) is 30.8 Å². The van der Waals surface area contributed by atoms with E-state index in [4.69, 9.17) is 0 Å². The van der Waals surface area contributed by atoms with Crippen LogP contribution in [0.1, 0.15) is 81.1 Å². The fraction of sp³-hybridized carbons (Fsp3) is 0.625. The molecule has 2 aliphatic rings. The standard InChI is InChI=1S/C24H34N2O/c1-17-8-9-18(2)15-20(14-17)10-11-24(27)22-7-5-4-6-21(22)23-16-25-12-13-26-19(23)3/h4-7,12-13,17-20,23H,8-11,14-16H2,1-3H3. The molecule has 27 heavy (non-hydrogen) atoms. The van der Waals surface area contributed by atoms with E-state index in [1.54, 1.807) is 12.4 Å². The Morgan fingerprint density at radius 2 is 1.74 bits per heavy atom. The minimum Gasteiger partial charge on any atom is -0.294 e. The molecule has 0 amide bonds. The fourth-order valence-corrected chi connectivity index (χ4v) is 4.83. The predicted molar refractivity (Wildman–Crippen MR) is 114 cm³/mol. The summed E-state index contributed by atoms with van der Waals surface area (Å²) in [4.78, 5) is 22.1. The Balaban J connectivity index is 1.70. The summed E-state index contributed by atoms with van der Waals surface area (Å²) in [5.41, 5.74) is 2.00. The van der Waals surface area contributed by atoms with Crippen LogP contribution in [0.15, 0.2) is 34.3 Å². The quantitative estimate of drug-likeness (QED) is 0.484. The lowest BCUT2D eigenvalue weighted by Crippen LogP contribution is -2.19. The van der Waals surface area contributed by atoms with Crippen LogP contribution in [0.4, 0.5) is 0 Å². The van der Waals surface area contributed by atoms with Gasteiger partial charge in [0.2, 0.25) is 0 Å². The largest absolute Gasteiger partial charge is 0.294 e. The number of aliphatic imine (C=N–C) groups is 2. The SMILES string of the molecule is CC1CCC(C)CC(CCC(=O)c2ccccc2C2CN=CC=NC2C)C1. The van der Waals surface area contributed by atoms with Gasteiger partial charge in [-0.05, 0) is 49.5 Å². The Morgan fingerprint density at radius 3 is 2.48 bits per heavy atom. The van der Waals surface area contributed by atoms with Crippen molar-refractivity contribution in [2.24, 2.45) is 27.7 Å². The van der Waals surface area contributed by atoms with Crippen LogP contribution in [0.2, 0.25) is 0 Å². The lowest BCUT2D eigenvalue weighted by molar-refractivity contribution is 0.0969. The molecule has 1 aliphatic heterocycles. The van der Waals surface area contributed by atoms with Crippen molar-refractivity contribution in [3.8, 4) is 0 Å². The lowest BCUT2D eigenvalue weighted by Gasteiger charge is -2.22. The molecule has 0 aromatic heterocycles. The number of Topliss-reactive ketones (excluding diaryl/α,β-unsaturated/α-hetero) is 1. The molecule has 1 aromatic rings. The molecule has 1 heterocycles. The van der Waals surface area contributed by atoms with Crippen molar-refractivity contribution >= 4 is 18.2 Å². The minimum absolute atomic E-state index is 0.144. The smallest absolute Gasteiger partial charge is 0.163 e. The monoisotopic (exact) mass is 366 g/mol. The molecule has 3 heteroatoms. The van der Waals surface area contributed by atoms with E-state index in [0.29, 0.717) is 24.7 Å². The second-order valence-electron chi connectivity index (χ2n) is 8.83. The van der Waals surface area contributed by atoms with Gasteiger partial charge in [-0.1, -0.05) is 51.0 Å². The van der Waals surface area contributed by atoms with Crippen molar-refractivity contribution in [2.45, 2.75) is 71.3 Å². The summed E-state index contributed by atoms with van der Waals surface area (Å²) in [6.45, 7) is 7.56. The Hall–Kier alpha value is -1.77. The van der Waals surface area contributed by atoms with Crippen LogP contribution in [0, 0.1) is 17.8 Å². The van der Waals surface area contributed by atoms with Gasteiger partial charge in [0.1, 0.15) is 0 Å². The highest BCUT2D eigenvalue weighted by Crippen LogP contribution is 2.34. The van der Waals surface area contributed by atoms with Crippen molar-refractivity contribution in [3.05, 3.63) is 35.4 Å². The van der Waals surface area contributed by atoms with E-state index < -0.39 is 0 Å². The number of hydrogen-bond donors (Lipinski definition) is 0. The van der Waals surface area contributed by atoms with Gasteiger partial charge in [0.15, 0.2) is 5.78 Å². The number of carbonyl (C=O) groups is 1. The van der Waals surface area contributed by atoms with Gasteiger partial charge < -0.3 is 0 Å². The van der Waals surface area contributed by atoms with E-state index >= 15 is 0 Å². The van der Waals surface area contributed by atoms with E-state index in [1.807, 2.05) is 18.2 Å². The third-order valence-corrected chi connectivity index (χ3v) is 6.44. The number of ketones is 1. The zero-order chi connectivity index (χ0) is 19.2. The molecule has 1 aromatic carbocycles. The van der Waals surface area contributed by atoms with Crippen molar-refractivity contribution in [3.63, 3.8) is 0 Å². The molecular formula is C24H34N2O. The maximum absolute atomic E-state index is 13.1. The van der Waals surface area contributed by atoms with Crippen molar-refractivity contribution in [2.75, 3.05) is 6.54 Å². The highest BCUT2D eigenvalue weighted by Gasteiger charge is 2.26. The summed E-state index contributed by atoms with van der Waals surface area (Å²) in [6.07, 6.45) is 10.5. The summed E-state index contributed by atoms with van der Waals surface area (Å²) in [5.74, 6) is 2.76. The predicted octanol–water partition coefficient (Wildman–Crippen LogP) is 5.74. The molecule has 0 bridgehead atoms. The number of hydrogen-bond acceptors (Lipinski definition) is 3. The number of carbonyl (C=O) groups excluding carboxylic acids is 1. The average molecular weight is 367 g/mol. The van der Waals surface area contributed by atoms with E-state index in [9.17, 15) is 4.79 Å². The van der Waals surface area contributed by atoms with Crippen LogP contribution in [0.5, 0.6) is 0 Å². The van der Waals surface area contributed by atoms with Gasteiger partial charge in [-0.2, -0.15) is 0 Å². The normalized spacial score (nSPS) is 31.3. The zero-order valence-electron chi connectivity index (χ0n) is 17.1. The van der Waals surface area contributed by atoms with Gasteiger partial charge in [0.25, 0.3) is 0 Å². The first-order valence-electron chi connectivity index (χ1n) is 10.7. The molecule has 4 unspecified atom stereocenters. The summed E-state index contributed by atoms with van der Waals surface area (Å²) in [6, 6.07) is 8.26. The molecule has 0 radical (unpaired) electrons. The third kappa shape index (κ3) is 5.37. The first-order valence-corrected chi connectivity index (χ1v) is 10.7. The first-order chi connectivity index (χ1) is 13.0. The van der Waals surface area contributed by atoms with Gasteiger partial charge in [0.05, 0.1) is 6.04 Å². The number of nitrogens with zero attached hydrogens (tertiary/aromatic N) is 2. The first kappa shape index (κ1) is 20.0. The van der Waals surface area contributed by atoms with Crippen molar-refractivity contribution in [1.29, 1.82) is 0 Å². The summed E-state index contributed by atoms with van der Waals surface area (Å²) < 4.78 is 0. The molecule has 146 valence electrons. The Labute approximate surface area is 164 Å². The molecule has 4 atom stereocenters. The average Bonchev–Trinajstić information content (AvgIpc) is 2.97. The molecular weight excluding hydrogens is 332 g/mol. The number of benzene rings is 1. The summed E-state index contributed by atoms with van der Waals surface area (Å²) in [5, 5.41) is 0. The topological polar surface area (TPSA) is 41.8 Å². The van der Waals surface area contributed by atoms with Crippen LogP contribution in [-0.2, 0) is 0 Å². The summed E-state index contributed by atoms with van der Waals surface area (Å²) >= 11 is 0. The Morgan fingerprint density at radius 1 is 1.04 bits per heavy atom. The van der Waals surface area contributed by atoms with Gasteiger partial charge in [-0.3, -0.25) is 14.8 Å². The fourth-order valence-electron chi connectivity index (χ4n) is 4.83. The lowest BCUT2D eigenvalue weighted by atomic mass is 9.84. The van der Waals surface area contributed by atoms with E-state index in [1.165, 1.54) is 25.7 Å². The van der Waals surface area contributed by atoms with Crippen molar-refractivity contribution in [1.82, 2.24) is 0 Å². The second kappa shape index (κ2) is 9.43. The maximum Gasteiger partial charge on any atom is 0.163 e. The van der Waals surface area contributed by atoms with E-state index in [2.05, 4.69) is 36.8 Å². The second-order valence-corrected chi connectivity index (χ2v) is 8.83. The third-order valence-electron chi connectivity index (χ3n) is 6.44. The van der Waals surface area contributed by atoms with Gasteiger partial charge in [0, 0.05) is 36.9 Å². The molecule has 0 spiro atoms. The maximum atomic E-state index is 13.1. The molecule has 1 saturated carbocycles.